The third-order valence-corrected chi connectivity index (χ3v) is 6.60. The standard InChI is InChI=1S/C21H28N2O3S/c1-14(2)20(24)19-13-22-21(23-19)18(12-15-6-4-5-7-15)16-8-10-17(11-9-16)27(3,25)26/h8-11,13-15,18H,4-7,12H2,1-3H3,(H,22,23). The molecule has 1 aliphatic rings. The number of aromatic amines is 1. The van der Waals surface area contributed by atoms with E-state index in [0.717, 1.165) is 17.8 Å². The van der Waals surface area contributed by atoms with Crippen LogP contribution in [0.4, 0.5) is 0 Å². The van der Waals surface area contributed by atoms with E-state index >= 15 is 0 Å². The van der Waals surface area contributed by atoms with Crippen LogP contribution in [0.15, 0.2) is 35.4 Å². The quantitative estimate of drug-likeness (QED) is 0.715. The highest BCUT2D eigenvalue weighted by molar-refractivity contribution is 7.90. The van der Waals surface area contributed by atoms with Crippen molar-refractivity contribution in [2.75, 3.05) is 6.26 Å². The van der Waals surface area contributed by atoms with Gasteiger partial charge < -0.3 is 4.98 Å². The van der Waals surface area contributed by atoms with Gasteiger partial charge >= 0.3 is 0 Å². The number of Topliss-reactive ketones (excluding diaryl/α,β-unsaturated/α-hetero) is 1. The summed E-state index contributed by atoms with van der Waals surface area (Å²) in [5, 5.41) is 0. The number of ketones is 1. The van der Waals surface area contributed by atoms with Gasteiger partial charge in [0.15, 0.2) is 15.6 Å². The molecule has 3 rings (SSSR count). The van der Waals surface area contributed by atoms with Crippen molar-refractivity contribution in [1.82, 2.24) is 9.97 Å². The van der Waals surface area contributed by atoms with E-state index in [1.54, 1.807) is 18.3 Å². The fourth-order valence-electron chi connectivity index (χ4n) is 3.88. The number of nitrogens with one attached hydrogen (secondary N) is 1. The van der Waals surface area contributed by atoms with Gasteiger partial charge in [-0.15, -0.1) is 0 Å². The number of H-pyrrole nitrogens is 1. The number of imidazole rings is 1. The lowest BCUT2D eigenvalue weighted by Crippen LogP contribution is -2.11. The van der Waals surface area contributed by atoms with Gasteiger partial charge in [-0.2, -0.15) is 0 Å². The minimum atomic E-state index is -3.22. The fourth-order valence-corrected chi connectivity index (χ4v) is 4.51. The first-order valence-electron chi connectivity index (χ1n) is 9.65. The number of sulfone groups is 1. The lowest BCUT2D eigenvalue weighted by atomic mass is 9.87. The number of hydrogen-bond donors (Lipinski definition) is 1. The summed E-state index contributed by atoms with van der Waals surface area (Å²) in [4.78, 5) is 20.3. The van der Waals surface area contributed by atoms with Crippen LogP contribution in [0.5, 0.6) is 0 Å². The topological polar surface area (TPSA) is 79.9 Å². The van der Waals surface area contributed by atoms with Crippen molar-refractivity contribution in [2.24, 2.45) is 11.8 Å². The smallest absolute Gasteiger partial charge is 0.183 e. The number of benzene rings is 1. The molecule has 1 fully saturated rings. The third-order valence-electron chi connectivity index (χ3n) is 5.47. The third kappa shape index (κ3) is 4.67. The number of carbonyl (C=O) groups is 1. The summed E-state index contributed by atoms with van der Waals surface area (Å²) in [6.45, 7) is 3.76. The van der Waals surface area contributed by atoms with Crippen LogP contribution in [-0.4, -0.2) is 30.4 Å². The average Bonchev–Trinajstić information content (AvgIpc) is 3.30. The Morgan fingerprint density at radius 3 is 2.37 bits per heavy atom. The van der Waals surface area contributed by atoms with E-state index in [9.17, 15) is 13.2 Å². The molecule has 0 saturated heterocycles. The van der Waals surface area contributed by atoms with Gasteiger partial charge in [0.2, 0.25) is 0 Å². The first-order chi connectivity index (χ1) is 12.8. The molecule has 1 saturated carbocycles. The van der Waals surface area contributed by atoms with Crippen LogP contribution in [0.3, 0.4) is 0 Å². The molecule has 2 aromatic rings. The van der Waals surface area contributed by atoms with Crippen molar-refractivity contribution in [3.8, 4) is 0 Å². The molecule has 1 aromatic carbocycles. The first kappa shape index (κ1) is 19.8. The van der Waals surface area contributed by atoms with Gasteiger partial charge in [-0.05, 0) is 30.0 Å². The summed E-state index contributed by atoms with van der Waals surface area (Å²) in [6, 6.07) is 7.08. The van der Waals surface area contributed by atoms with Gasteiger partial charge in [0, 0.05) is 18.1 Å². The molecule has 27 heavy (non-hydrogen) atoms. The number of hydrogen-bond acceptors (Lipinski definition) is 4. The molecule has 1 heterocycles. The van der Waals surface area contributed by atoms with Gasteiger partial charge in [-0.25, -0.2) is 13.4 Å². The molecule has 146 valence electrons. The molecule has 0 bridgehead atoms. The van der Waals surface area contributed by atoms with Crippen molar-refractivity contribution in [3.63, 3.8) is 0 Å². The normalized spacial score (nSPS) is 16.7. The molecular weight excluding hydrogens is 360 g/mol. The lowest BCUT2D eigenvalue weighted by molar-refractivity contribution is 0.0934. The Morgan fingerprint density at radius 1 is 1.19 bits per heavy atom. The van der Waals surface area contributed by atoms with Crippen LogP contribution in [-0.2, 0) is 9.84 Å². The lowest BCUT2D eigenvalue weighted by Gasteiger charge is -2.19. The Morgan fingerprint density at radius 2 is 1.81 bits per heavy atom. The predicted molar refractivity (Wildman–Crippen MR) is 106 cm³/mol. The zero-order chi connectivity index (χ0) is 19.6. The van der Waals surface area contributed by atoms with Gasteiger partial charge in [0.1, 0.15) is 11.5 Å². The minimum Gasteiger partial charge on any atom is -0.339 e. The van der Waals surface area contributed by atoms with Gasteiger partial charge in [-0.1, -0.05) is 51.7 Å². The molecule has 1 aromatic heterocycles. The number of nitrogens with zero attached hydrogens (tertiary/aromatic N) is 1. The highest BCUT2D eigenvalue weighted by atomic mass is 32.2. The predicted octanol–water partition coefficient (Wildman–Crippen LogP) is 4.36. The second-order valence-corrected chi connectivity index (χ2v) is 10.00. The summed E-state index contributed by atoms with van der Waals surface area (Å²) < 4.78 is 23.5. The summed E-state index contributed by atoms with van der Waals surface area (Å²) in [5.41, 5.74) is 1.58. The fraction of sp³-hybridized carbons (Fsp3) is 0.524. The van der Waals surface area contributed by atoms with Crippen molar-refractivity contribution < 1.29 is 13.2 Å². The molecule has 0 radical (unpaired) electrons. The van der Waals surface area contributed by atoms with E-state index in [2.05, 4.69) is 9.97 Å². The molecular formula is C21H28N2O3S. The average molecular weight is 389 g/mol. The monoisotopic (exact) mass is 388 g/mol. The van der Waals surface area contributed by atoms with E-state index in [-0.39, 0.29) is 17.6 Å². The summed E-state index contributed by atoms with van der Waals surface area (Å²) in [6.07, 6.45) is 8.77. The highest BCUT2D eigenvalue weighted by Crippen LogP contribution is 2.37. The molecule has 0 aliphatic heterocycles. The van der Waals surface area contributed by atoms with Crippen LogP contribution in [0, 0.1) is 11.8 Å². The summed E-state index contributed by atoms with van der Waals surface area (Å²) >= 11 is 0. The largest absolute Gasteiger partial charge is 0.339 e. The Hall–Kier alpha value is -1.95. The number of aromatic nitrogens is 2. The molecule has 6 heteroatoms. The maximum Gasteiger partial charge on any atom is 0.183 e. The van der Waals surface area contributed by atoms with E-state index < -0.39 is 9.84 Å². The van der Waals surface area contributed by atoms with Crippen molar-refractivity contribution >= 4 is 15.6 Å². The summed E-state index contributed by atoms with van der Waals surface area (Å²) in [5.74, 6) is 1.44. The van der Waals surface area contributed by atoms with Crippen LogP contribution in [0.1, 0.15) is 73.7 Å². The Bertz CT molecular complexity index is 892. The highest BCUT2D eigenvalue weighted by Gasteiger charge is 2.26. The van der Waals surface area contributed by atoms with Crippen LogP contribution >= 0.6 is 0 Å². The molecule has 0 amide bonds. The molecule has 1 N–H and O–H groups in total. The van der Waals surface area contributed by atoms with Gasteiger partial charge in [0.25, 0.3) is 0 Å². The van der Waals surface area contributed by atoms with E-state index in [0.29, 0.717) is 16.5 Å². The summed E-state index contributed by atoms with van der Waals surface area (Å²) in [7, 11) is -3.22. The molecule has 1 unspecified atom stereocenters. The van der Waals surface area contributed by atoms with E-state index in [4.69, 9.17) is 0 Å². The number of carbonyl (C=O) groups excluding carboxylic acids is 1. The maximum absolute atomic E-state index is 12.3. The van der Waals surface area contributed by atoms with Crippen molar-refractivity contribution in [2.45, 2.75) is 56.8 Å². The maximum atomic E-state index is 12.3. The second kappa shape index (κ2) is 7.97. The van der Waals surface area contributed by atoms with E-state index in [1.165, 1.54) is 31.9 Å². The molecule has 0 spiro atoms. The second-order valence-electron chi connectivity index (χ2n) is 7.98. The van der Waals surface area contributed by atoms with Crippen LogP contribution in [0.2, 0.25) is 0 Å². The first-order valence-corrected chi connectivity index (χ1v) is 11.5. The SMILES string of the molecule is CC(C)C(=O)c1cnc(C(CC2CCCC2)c2ccc(S(C)(=O)=O)cc2)[nH]1. The molecule has 5 nitrogen and oxygen atoms in total. The minimum absolute atomic E-state index is 0.0374. The molecule has 1 aliphatic carbocycles. The van der Waals surface area contributed by atoms with Crippen molar-refractivity contribution in [1.29, 1.82) is 0 Å². The Labute approximate surface area is 161 Å². The van der Waals surface area contributed by atoms with Crippen LogP contribution in [0.25, 0.3) is 0 Å². The molecule has 1 atom stereocenters. The van der Waals surface area contributed by atoms with E-state index in [1.807, 2.05) is 26.0 Å². The number of rotatable bonds is 7. The van der Waals surface area contributed by atoms with Gasteiger partial charge in [0.05, 0.1) is 11.1 Å². The van der Waals surface area contributed by atoms with Crippen LogP contribution < -0.4 is 0 Å². The van der Waals surface area contributed by atoms with Crippen molar-refractivity contribution in [3.05, 3.63) is 47.5 Å². The Balaban J connectivity index is 1.92. The zero-order valence-corrected chi connectivity index (χ0v) is 17.1. The zero-order valence-electron chi connectivity index (χ0n) is 16.2. The Kier molecular flexibility index (Phi) is 5.84. The van der Waals surface area contributed by atoms with Gasteiger partial charge in [-0.3, -0.25) is 4.79 Å².